The van der Waals surface area contributed by atoms with Gasteiger partial charge in [-0.15, -0.1) is 0 Å². The maximum Gasteiger partial charge on any atom is 0.321 e. The van der Waals surface area contributed by atoms with Crippen LogP contribution in [0, 0.1) is 0 Å². The smallest absolute Gasteiger partial charge is 0.321 e. The lowest BCUT2D eigenvalue weighted by molar-refractivity contribution is 0.210. The molecule has 0 aliphatic rings. The molecule has 4 atom stereocenters. The fraction of sp³-hybridized carbons (Fsp3) is 0.592. The van der Waals surface area contributed by atoms with Crippen LogP contribution < -0.4 is 18.1 Å². The summed E-state index contributed by atoms with van der Waals surface area (Å²) >= 11 is 0. The first kappa shape index (κ1) is 55.6. The van der Waals surface area contributed by atoms with Crippen LogP contribution in [0.4, 0.5) is 0 Å². The lowest BCUT2D eigenvalue weighted by Crippen LogP contribution is -2.23. The Morgan fingerprint density at radius 3 is 0.892 bits per heavy atom. The Bertz CT molecular complexity index is 1860. The van der Waals surface area contributed by atoms with Gasteiger partial charge in [-0.25, -0.2) is 18.7 Å². The van der Waals surface area contributed by atoms with Crippen molar-refractivity contribution in [2.24, 2.45) is 0 Å². The second-order valence-corrected chi connectivity index (χ2v) is 22.3. The van der Waals surface area contributed by atoms with Crippen LogP contribution in [0.2, 0.25) is 0 Å². The Hall–Kier alpha value is -2.00. The Morgan fingerprint density at radius 2 is 0.631 bits per heavy atom. The van der Waals surface area contributed by atoms with E-state index in [9.17, 15) is 0 Å². The summed E-state index contributed by atoms with van der Waals surface area (Å²) in [6.07, 6.45) is 0.379. The van der Waals surface area contributed by atoms with E-state index >= 15 is 0 Å². The highest BCUT2D eigenvalue weighted by Crippen LogP contribution is 2.52. The van der Waals surface area contributed by atoms with Gasteiger partial charge in [0.05, 0.1) is 24.4 Å². The highest BCUT2D eigenvalue weighted by molar-refractivity contribution is 7.45. The van der Waals surface area contributed by atoms with Gasteiger partial charge in [0, 0.05) is 69.9 Å². The number of hydrogen-bond acceptors (Lipinski definition) is 12. The number of rotatable bonds is 30. The normalized spacial score (nSPS) is 14.3. The van der Waals surface area contributed by atoms with Crippen molar-refractivity contribution in [3.05, 3.63) is 71.8 Å². The van der Waals surface area contributed by atoms with Crippen molar-refractivity contribution in [1.82, 2.24) is 18.7 Å². The van der Waals surface area contributed by atoms with Gasteiger partial charge in [0.15, 0.2) is 0 Å². The van der Waals surface area contributed by atoms with Crippen molar-refractivity contribution >= 4 is 55.6 Å². The lowest BCUT2D eigenvalue weighted by atomic mass is 9.93. The molecule has 0 aromatic heterocycles. The number of nitrogens with zero attached hydrogens (tertiary/aromatic N) is 4. The lowest BCUT2D eigenvalue weighted by Gasteiger charge is -2.31. The van der Waals surface area contributed by atoms with Crippen molar-refractivity contribution in [3.8, 4) is 23.0 Å². The molecule has 16 heteroatoms. The largest absolute Gasteiger partial charge is 0.436 e. The Kier molecular flexibility index (Phi) is 23.8. The van der Waals surface area contributed by atoms with Crippen molar-refractivity contribution < 1.29 is 36.2 Å². The van der Waals surface area contributed by atoms with E-state index in [-0.39, 0.29) is 24.4 Å². The van der Waals surface area contributed by atoms with E-state index in [1.165, 1.54) is 0 Å². The van der Waals surface area contributed by atoms with Gasteiger partial charge < -0.3 is 36.2 Å². The zero-order valence-electron chi connectivity index (χ0n) is 42.3. The highest BCUT2D eigenvalue weighted by atomic mass is 31.2. The molecule has 4 rings (SSSR count). The van der Waals surface area contributed by atoms with Crippen LogP contribution in [0.1, 0.15) is 122 Å². The third-order valence-electron chi connectivity index (χ3n) is 10.2. The minimum atomic E-state index is -1.46. The molecule has 0 N–H and O–H groups in total. The molecule has 0 heterocycles. The monoisotopic (exact) mass is 976 g/mol. The van der Waals surface area contributed by atoms with Gasteiger partial charge in [0.1, 0.15) is 23.0 Å². The molecule has 0 amide bonds. The second kappa shape index (κ2) is 27.9. The third kappa shape index (κ3) is 16.0. The van der Waals surface area contributed by atoms with Crippen molar-refractivity contribution in [2.75, 3.05) is 52.4 Å². The number of benzene rings is 4. The predicted molar refractivity (Wildman–Crippen MR) is 277 cm³/mol. The number of hydrogen-bond donors (Lipinski definition) is 0. The minimum absolute atomic E-state index is 0.00126. The first-order valence-corrected chi connectivity index (χ1v) is 28.4. The average molecular weight is 977 g/mol. The topological polar surface area (TPSA) is 86.8 Å². The van der Waals surface area contributed by atoms with Crippen molar-refractivity contribution in [2.45, 2.75) is 142 Å². The van der Waals surface area contributed by atoms with E-state index in [1.807, 2.05) is 12.1 Å². The molecule has 0 saturated heterocycles. The van der Waals surface area contributed by atoms with E-state index in [1.54, 1.807) is 0 Å². The van der Waals surface area contributed by atoms with Crippen LogP contribution in [-0.4, -0.2) is 95.5 Å². The van der Waals surface area contributed by atoms with Gasteiger partial charge in [-0.3, -0.25) is 0 Å². The van der Waals surface area contributed by atoms with Crippen LogP contribution in [0.5, 0.6) is 23.0 Å². The molecule has 0 spiro atoms. The maximum absolute atomic E-state index is 7.14. The van der Waals surface area contributed by atoms with Crippen LogP contribution in [0.3, 0.4) is 0 Å². The third-order valence-corrected chi connectivity index (χ3v) is 18.2. The molecule has 0 saturated carbocycles. The molecule has 4 unspecified atom stereocenters. The van der Waals surface area contributed by atoms with Crippen LogP contribution in [0.15, 0.2) is 60.7 Å². The quantitative estimate of drug-likeness (QED) is 0.0466. The molecule has 0 aliphatic carbocycles. The predicted octanol–water partition coefficient (Wildman–Crippen LogP) is 15.1. The van der Waals surface area contributed by atoms with E-state index in [0.717, 1.165) is 108 Å². The average Bonchev–Trinajstić information content (AvgIpc) is 3.25. The molecular weight excluding hydrogens is 896 g/mol. The van der Waals surface area contributed by atoms with E-state index in [0.29, 0.717) is 6.42 Å². The minimum Gasteiger partial charge on any atom is -0.436 e. The Morgan fingerprint density at radius 1 is 0.369 bits per heavy atom. The molecule has 0 bridgehead atoms. The summed E-state index contributed by atoms with van der Waals surface area (Å²) in [6, 6.07) is 21.1. The maximum atomic E-state index is 7.14. The molecule has 0 fully saturated rings. The molecule has 0 radical (unpaired) electrons. The summed E-state index contributed by atoms with van der Waals surface area (Å²) in [5.41, 5.74) is 1.98. The van der Waals surface area contributed by atoms with Crippen molar-refractivity contribution in [3.63, 3.8) is 0 Å². The molecule has 4 aromatic carbocycles. The standard InChI is InChI=1S/C49H80N4O8P4/c1-17-50(18-2)62(54-36(9)10)58-42-29-25-40-27-31-48(60-64(56-38(13)14)52(21-5)22-6)46(44(40)33-42)35-47-45-34-43(59-63(55-37(11)12)51(19-3)20-4)30-26-41(45)28-32-49(47)61-65(57-39(15)16)53(23-7)24-8/h25-34,36-39H,17-24,35H2,1-16H3. The summed E-state index contributed by atoms with van der Waals surface area (Å²) in [7, 11) is -5.64. The summed E-state index contributed by atoms with van der Waals surface area (Å²) in [5, 5.41) is 4.13. The summed E-state index contributed by atoms with van der Waals surface area (Å²) in [6.45, 7) is 40.0. The van der Waals surface area contributed by atoms with Gasteiger partial charge >= 0.3 is 34.1 Å². The Balaban J connectivity index is 2.07. The molecule has 4 aromatic rings. The van der Waals surface area contributed by atoms with Gasteiger partial charge in [-0.05, 0) is 113 Å². The van der Waals surface area contributed by atoms with Gasteiger partial charge in [0.25, 0.3) is 0 Å². The summed E-state index contributed by atoms with van der Waals surface area (Å²) < 4.78 is 62.9. The fourth-order valence-corrected chi connectivity index (χ4v) is 12.7. The summed E-state index contributed by atoms with van der Waals surface area (Å²) in [4.78, 5) is 0. The van der Waals surface area contributed by atoms with E-state index in [4.69, 9.17) is 36.2 Å². The van der Waals surface area contributed by atoms with Crippen molar-refractivity contribution in [1.29, 1.82) is 0 Å². The molecule has 65 heavy (non-hydrogen) atoms. The number of fused-ring (bicyclic) bond motifs is 2. The van der Waals surface area contributed by atoms with E-state index in [2.05, 4.69) is 178 Å². The zero-order chi connectivity index (χ0) is 47.8. The van der Waals surface area contributed by atoms with Crippen LogP contribution >= 0.6 is 34.1 Å². The summed E-state index contributed by atoms with van der Waals surface area (Å²) in [5.74, 6) is 2.95. The fourth-order valence-electron chi connectivity index (χ4n) is 6.98. The van der Waals surface area contributed by atoms with Gasteiger partial charge in [-0.1, -0.05) is 79.7 Å². The van der Waals surface area contributed by atoms with E-state index < -0.39 is 34.1 Å². The van der Waals surface area contributed by atoms with Crippen LogP contribution in [-0.2, 0) is 24.5 Å². The van der Waals surface area contributed by atoms with Gasteiger partial charge in [-0.2, -0.15) is 0 Å². The Labute approximate surface area is 397 Å². The first-order valence-electron chi connectivity index (χ1n) is 23.8. The van der Waals surface area contributed by atoms with Crippen LogP contribution in [0.25, 0.3) is 21.5 Å². The van der Waals surface area contributed by atoms with Gasteiger partial charge in [0.2, 0.25) is 0 Å². The first-order chi connectivity index (χ1) is 31.1. The zero-order valence-corrected chi connectivity index (χ0v) is 45.9. The molecular formula is C49H80N4O8P4. The molecule has 12 nitrogen and oxygen atoms in total. The second-order valence-electron chi connectivity index (χ2n) is 16.5. The molecule has 364 valence electrons. The highest BCUT2D eigenvalue weighted by Gasteiger charge is 2.29. The SMILES string of the molecule is CCN(CC)P(Oc1ccc2ccc(OP(OC(C)C)N(CC)CC)c(Cc3c(OP(OC(C)C)N(CC)CC)ccc4ccc(OP(OC(C)C)N(CC)CC)cc34)c2c1)OC(C)C. The molecule has 0 aliphatic heterocycles.